The minimum atomic E-state index is -3.62. The third-order valence-corrected chi connectivity index (χ3v) is 5.95. The number of nitrogens with zero attached hydrogens (tertiary/aromatic N) is 1. The minimum Gasteiger partial charge on any atom is -0.354 e. The van der Waals surface area contributed by atoms with Crippen molar-refractivity contribution in [3.05, 3.63) is 29.3 Å². The topological polar surface area (TPSA) is 66.5 Å². The number of hydrogen-bond donors (Lipinski definition) is 1. The zero-order valence-electron chi connectivity index (χ0n) is 16.2. The molecule has 0 spiro atoms. The average Bonchev–Trinajstić information content (AvgIpc) is 2.59. The van der Waals surface area contributed by atoms with Crippen molar-refractivity contribution in [2.24, 2.45) is 5.92 Å². The van der Waals surface area contributed by atoms with Crippen LogP contribution in [-0.4, -0.2) is 33.2 Å². The molecule has 0 aliphatic carbocycles. The molecule has 0 aliphatic heterocycles. The number of unbranched alkanes of at least 4 members (excludes halogenated alkanes) is 1. The fourth-order valence-corrected chi connectivity index (χ4v) is 4.29. The van der Waals surface area contributed by atoms with Gasteiger partial charge >= 0.3 is 0 Å². The number of amides is 1. The highest BCUT2D eigenvalue weighted by atomic mass is 35.5. The number of carbonyl (C=O) groups excluding carboxylic acids is 1. The van der Waals surface area contributed by atoms with Crippen LogP contribution in [0.5, 0.6) is 0 Å². The maximum Gasteiger partial charge on any atom is 0.243 e. The molecule has 1 aromatic carbocycles. The molecule has 0 aliphatic rings. The Bertz CT molecular complexity index is 662. The van der Waals surface area contributed by atoms with E-state index in [1.807, 2.05) is 6.92 Å². The Hall–Kier alpha value is -1.27. The van der Waals surface area contributed by atoms with Crippen LogP contribution in [0.25, 0.3) is 0 Å². The van der Waals surface area contributed by atoms with Crippen LogP contribution in [-0.2, 0) is 14.8 Å². The van der Waals surface area contributed by atoms with Crippen LogP contribution >= 0.6 is 11.6 Å². The number of anilines is 1. The minimum absolute atomic E-state index is 0.261. The SMILES string of the molecule is CCCC[C@@H](CC)CNC(=O)[C@@H](CC)N(c1ccc(Cl)cc1)S(C)(=O)=O. The maximum absolute atomic E-state index is 12.8. The number of halogens is 1. The van der Waals surface area contributed by atoms with E-state index in [1.165, 1.54) is 4.31 Å². The molecule has 0 saturated carbocycles. The molecule has 5 nitrogen and oxygen atoms in total. The van der Waals surface area contributed by atoms with Gasteiger partial charge in [0.05, 0.1) is 11.9 Å². The first kappa shape index (κ1) is 22.8. The van der Waals surface area contributed by atoms with Gasteiger partial charge in [-0.05, 0) is 43.0 Å². The summed E-state index contributed by atoms with van der Waals surface area (Å²) in [5, 5.41) is 3.47. The third kappa shape index (κ3) is 6.80. The van der Waals surface area contributed by atoms with Crippen LogP contribution in [0.1, 0.15) is 52.9 Å². The summed E-state index contributed by atoms with van der Waals surface area (Å²) in [5.74, 6) is 0.154. The van der Waals surface area contributed by atoms with Crippen molar-refractivity contribution in [1.29, 1.82) is 0 Å². The van der Waals surface area contributed by atoms with E-state index in [9.17, 15) is 13.2 Å². The molecule has 1 N–H and O–H groups in total. The van der Waals surface area contributed by atoms with Gasteiger partial charge in [-0.2, -0.15) is 0 Å². The van der Waals surface area contributed by atoms with Crippen molar-refractivity contribution < 1.29 is 13.2 Å². The number of rotatable bonds is 11. The van der Waals surface area contributed by atoms with Gasteiger partial charge in [-0.25, -0.2) is 8.42 Å². The van der Waals surface area contributed by atoms with Crippen LogP contribution in [0.15, 0.2) is 24.3 Å². The number of carbonyl (C=O) groups is 1. The molecule has 0 bridgehead atoms. The van der Waals surface area contributed by atoms with Gasteiger partial charge in [-0.1, -0.05) is 51.6 Å². The summed E-state index contributed by atoms with van der Waals surface area (Å²) < 4.78 is 25.9. The van der Waals surface area contributed by atoms with Gasteiger partial charge in [0.25, 0.3) is 0 Å². The molecule has 0 aromatic heterocycles. The van der Waals surface area contributed by atoms with E-state index in [-0.39, 0.29) is 5.91 Å². The van der Waals surface area contributed by atoms with E-state index < -0.39 is 16.1 Å². The van der Waals surface area contributed by atoms with Crippen LogP contribution in [0.3, 0.4) is 0 Å². The van der Waals surface area contributed by atoms with Crippen molar-refractivity contribution in [2.45, 2.75) is 58.9 Å². The standard InChI is InChI=1S/C19H31ClN2O3S/c1-5-8-9-15(6-2)14-21-19(23)18(7-3)22(26(4,24)25)17-12-10-16(20)11-13-17/h10-13,15,18H,5-9,14H2,1-4H3,(H,21,23)/t15-,18-/m1/s1. The van der Waals surface area contributed by atoms with Crippen LogP contribution in [0, 0.1) is 5.92 Å². The lowest BCUT2D eigenvalue weighted by Gasteiger charge is -2.30. The van der Waals surface area contributed by atoms with Crippen molar-refractivity contribution in [2.75, 3.05) is 17.1 Å². The van der Waals surface area contributed by atoms with Gasteiger partial charge in [0.1, 0.15) is 6.04 Å². The Balaban J connectivity index is 2.96. The second-order valence-corrected chi connectivity index (χ2v) is 8.92. The largest absolute Gasteiger partial charge is 0.354 e. The Morgan fingerprint density at radius 3 is 2.23 bits per heavy atom. The molecule has 0 unspecified atom stereocenters. The molecule has 1 aromatic rings. The van der Waals surface area contributed by atoms with Crippen molar-refractivity contribution in [3.63, 3.8) is 0 Å². The summed E-state index contributed by atoms with van der Waals surface area (Å²) in [6.45, 7) is 6.64. The highest BCUT2D eigenvalue weighted by molar-refractivity contribution is 7.92. The smallest absolute Gasteiger partial charge is 0.243 e. The lowest BCUT2D eigenvalue weighted by Crippen LogP contribution is -2.50. The summed E-state index contributed by atoms with van der Waals surface area (Å²) >= 11 is 5.90. The molecule has 2 atom stereocenters. The molecular formula is C19H31ClN2O3S. The number of sulfonamides is 1. The lowest BCUT2D eigenvalue weighted by atomic mass is 9.99. The van der Waals surface area contributed by atoms with E-state index in [4.69, 9.17) is 11.6 Å². The highest BCUT2D eigenvalue weighted by Gasteiger charge is 2.31. The molecule has 148 valence electrons. The number of nitrogens with one attached hydrogen (secondary N) is 1. The van der Waals surface area contributed by atoms with E-state index in [1.54, 1.807) is 24.3 Å². The van der Waals surface area contributed by atoms with Crippen LogP contribution in [0.2, 0.25) is 5.02 Å². The normalized spacial score (nSPS) is 13.9. The van der Waals surface area contributed by atoms with Crippen molar-refractivity contribution in [3.8, 4) is 0 Å². The molecule has 7 heteroatoms. The fourth-order valence-electron chi connectivity index (χ4n) is 2.95. The van der Waals surface area contributed by atoms with E-state index in [0.717, 1.165) is 31.9 Å². The first-order valence-electron chi connectivity index (χ1n) is 9.27. The quantitative estimate of drug-likeness (QED) is 0.602. The predicted molar refractivity (Wildman–Crippen MR) is 109 cm³/mol. The number of hydrogen-bond acceptors (Lipinski definition) is 3. The molecular weight excluding hydrogens is 372 g/mol. The van der Waals surface area contributed by atoms with Crippen LogP contribution < -0.4 is 9.62 Å². The lowest BCUT2D eigenvalue weighted by molar-refractivity contribution is -0.122. The fraction of sp³-hybridized carbons (Fsp3) is 0.632. The monoisotopic (exact) mass is 402 g/mol. The van der Waals surface area contributed by atoms with E-state index in [0.29, 0.717) is 29.6 Å². The summed E-state index contributed by atoms with van der Waals surface area (Å²) in [6.07, 6.45) is 5.81. The predicted octanol–water partition coefficient (Wildman–Crippen LogP) is 4.22. The first-order valence-corrected chi connectivity index (χ1v) is 11.5. The first-order chi connectivity index (χ1) is 12.2. The summed E-state index contributed by atoms with van der Waals surface area (Å²) in [5.41, 5.74) is 0.442. The van der Waals surface area contributed by atoms with Crippen molar-refractivity contribution >= 4 is 33.2 Å². The van der Waals surface area contributed by atoms with Crippen LogP contribution in [0.4, 0.5) is 5.69 Å². The molecule has 0 saturated heterocycles. The van der Waals surface area contributed by atoms with Gasteiger partial charge in [0, 0.05) is 11.6 Å². The Morgan fingerprint density at radius 1 is 1.15 bits per heavy atom. The second-order valence-electron chi connectivity index (χ2n) is 6.62. The van der Waals surface area contributed by atoms with Crippen molar-refractivity contribution in [1.82, 2.24) is 5.32 Å². The summed E-state index contributed by atoms with van der Waals surface area (Å²) in [6, 6.07) is 5.70. The van der Waals surface area contributed by atoms with E-state index >= 15 is 0 Å². The Kier molecular flexibility index (Phi) is 9.44. The van der Waals surface area contributed by atoms with Gasteiger partial charge < -0.3 is 5.32 Å². The zero-order valence-corrected chi connectivity index (χ0v) is 17.7. The number of benzene rings is 1. The van der Waals surface area contributed by atoms with Gasteiger partial charge in [0.2, 0.25) is 15.9 Å². The summed E-state index contributed by atoms with van der Waals surface area (Å²) in [7, 11) is -3.62. The Labute approximate surface area is 163 Å². The molecule has 1 amide bonds. The molecule has 1 rings (SSSR count). The molecule has 26 heavy (non-hydrogen) atoms. The zero-order chi connectivity index (χ0) is 19.7. The van der Waals surface area contributed by atoms with E-state index in [2.05, 4.69) is 19.2 Å². The van der Waals surface area contributed by atoms with Gasteiger partial charge in [-0.3, -0.25) is 9.10 Å². The third-order valence-electron chi connectivity index (χ3n) is 4.52. The second kappa shape index (κ2) is 10.8. The average molecular weight is 403 g/mol. The molecule has 0 radical (unpaired) electrons. The van der Waals surface area contributed by atoms with Gasteiger partial charge in [0.15, 0.2) is 0 Å². The summed E-state index contributed by atoms with van der Waals surface area (Å²) in [4.78, 5) is 12.8. The van der Waals surface area contributed by atoms with Gasteiger partial charge in [-0.15, -0.1) is 0 Å². The molecule has 0 fully saturated rings. The Morgan fingerprint density at radius 2 is 1.77 bits per heavy atom. The highest BCUT2D eigenvalue weighted by Crippen LogP contribution is 2.24. The molecule has 0 heterocycles. The maximum atomic E-state index is 12.8.